The Kier molecular flexibility index (Phi) is 6.57. The van der Waals surface area contributed by atoms with Gasteiger partial charge in [0.05, 0.1) is 19.0 Å². The quantitative estimate of drug-likeness (QED) is 0.204. The normalized spacial score (nSPS) is 26.0. The molecule has 1 aliphatic heterocycles. The van der Waals surface area contributed by atoms with E-state index in [1.54, 1.807) is 0 Å². The van der Waals surface area contributed by atoms with E-state index < -0.39 is 54.0 Å². The van der Waals surface area contributed by atoms with Crippen LogP contribution in [0.3, 0.4) is 0 Å². The Morgan fingerprint density at radius 1 is 1.23 bits per heavy atom. The molecule has 21 heteroatoms. The zero-order valence-corrected chi connectivity index (χ0v) is 17.8. The summed E-state index contributed by atoms with van der Waals surface area (Å²) in [6.07, 6.45) is -0.464. The number of nitrogen functional groups attached to an aromatic ring is 1. The maximum absolute atomic E-state index is 11.9. The first-order valence-electron chi connectivity index (χ1n) is 8.07. The Morgan fingerprint density at radius 3 is 2.55 bits per heavy atom. The molecule has 0 aliphatic carbocycles. The third-order valence-electron chi connectivity index (χ3n) is 3.86. The van der Waals surface area contributed by atoms with Crippen LogP contribution in [-0.2, 0) is 31.6 Å². The molecule has 1 aliphatic rings. The third kappa shape index (κ3) is 6.04. The van der Waals surface area contributed by atoms with Crippen LogP contribution in [0.15, 0.2) is 11.1 Å². The van der Waals surface area contributed by atoms with Crippen LogP contribution in [0, 0.1) is 0 Å². The Balaban J connectivity index is 1.67. The molecule has 0 bridgehead atoms. The first-order valence-corrected chi connectivity index (χ1v) is 12.6. The first-order chi connectivity index (χ1) is 14.2. The lowest BCUT2D eigenvalue weighted by molar-refractivity contribution is -0.0230. The molecule has 1 saturated heterocycles. The van der Waals surface area contributed by atoms with Gasteiger partial charge in [-0.3, -0.25) is 18.9 Å². The smallest absolute Gasteiger partial charge is 0.369 e. The van der Waals surface area contributed by atoms with E-state index in [2.05, 4.69) is 28.1 Å². The van der Waals surface area contributed by atoms with E-state index >= 15 is 0 Å². The largest absolute Gasteiger partial charge is 0.490 e. The standard InChI is InChI=1S/C10H17N6O12P3/c11-4-1-6(16-3-13-7-8(16)14-10(12)15-9(7)17)26-5(4)2-25-30(21,22)28-31(23,24)27-29(18,19)20/h3-6H,1-2,11H2,(H,21,22)(H,23,24)(H2,18,19,20)(H3,12,14,15,17)/t4?,5-,6-/m1/s1. The SMILES string of the molecule is Nc1nc2c(ncn2[C@H]2CC(N)[C@@H](COP(=O)(O)OP(=O)(O)OP(=O)(O)O)O2)c(=O)[nH]1. The summed E-state index contributed by atoms with van der Waals surface area (Å²) < 4.78 is 52.5. The summed E-state index contributed by atoms with van der Waals surface area (Å²) in [5.41, 5.74) is 11.0. The molecule has 0 amide bonds. The van der Waals surface area contributed by atoms with Gasteiger partial charge in [0.2, 0.25) is 5.95 Å². The summed E-state index contributed by atoms with van der Waals surface area (Å²) in [4.78, 5) is 57.7. The number of phosphoric acid groups is 3. The van der Waals surface area contributed by atoms with Crippen molar-refractivity contribution in [3.63, 3.8) is 0 Å². The predicted octanol–water partition coefficient (Wildman–Crippen LogP) is -1.34. The Bertz CT molecular complexity index is 1180. The highest BCUT2D eigenvalue weighted by molar-refractivity contribution is 7.66. The fourth-order valence-corrected chi connectivity index (χ4v) is 5.74. The molecule has 9 N–H and O–H groups in total. The number of phosphoric ester groups is 1. The molecule has 3 unspecified atom stereocenters. The Hall–Kier alpha value is -1.52. The molecule has 2 aromatic rings. The monoisotopic (exact) mass is 506 g/mol. The van der Waals surface area contributed by atoms with Gasteiger partial charge in [0, 0.05) is 12.5 Å². The van der Waals surface area contributed by atoms with E-state index in [1.165, 1.54) is 10.9 Å². The van der Waals surface area contributed by atoms with Gasteiger partial charge in [-0.25, -0.2) is 18.7 Å². The highest BCUT2D eigenvalue weighted by Crippen LogP contribution is 2.66. The number of hydrogen-bond donors (Lipinski definition) is 7. The van der Waals surface area contributed by atoms with Crippen LogP contribution < -0.4 is 17.0 Å². The molecule has 174 valence electrons. The lowest BCUT2D eigenvalue weighted by Crippen LogP contribution is -2.33. The predicted molar refractivity (Wildman–Crippen MR) is 98.9 cm³/mol. The van der Waals surface area contributed by atoms with Gasteiger partial charge < -0.3 is 35.8 Å². The minimum atomic E-state index is -5.64. The lowest BCUT2D eigenvalue weighted by Gasteiger charge is -2.19. The van der Waals surface area contributed by atoms with Crippen LogP contribution in [0.4, 0.5) is 5.95 Å². The van der Waals surface area contributed by atoms with E-state index in [1.807, 2.05) is 0 Å². The number of nitrogens with zero attached hydrogens (tertiary/aromatic N) is 3. The zero-order valence-electron chi connectivity index (χ0n) is 15.1. The summed E-state index contributed by atoms with van der Waals surface area (Å²) in [5.74, 6) is -0.161. The summed E-state index contributed by atoms with van der Waals surface area (Å²) in [7, 11) is -16.5. The number of imidazole rings is 1. The van der Waals surface area contributed by atoms with Crippen molar-refractivity contribution in [1.82, 2.24) is 19.5 Å². The fraction of sp³-hybridized carbons (Fsp3) is 0.500. The molecule has 1 fully saturated rings. The Morgan fingerprint density at radius 2 is 1.90 bits per heavy atom. The molecule has 0 spiro atoms. The summed E-state index contributed by atoms with van der Waals surface area (Å²) >= 11 is 0. The van der Waals surface area contributed by atoms with Crippen molar-refractivity contribution >= 4 is 40.6 Å². The van der Waals surface area contributed by atoms with Crippen molar-refractivity contribution in [2.75, 3.05) is 12.3 Å². The number of nitrogens with two attached hydrogens (primary N) is 2. The third-order valence-corrected chi connectivity index (χ3v) is 7.66. The van der Waals surface area contributed by atoms with Gasteiger partial charge in [-0.1, -0.05) is 0 Å². The zero-order chi connectivity index (χ0) is 23.2. The number of ether oxygens (including phenoxy) is 1. The molecule has 2 aromatic heterocycles. The molecular weight excluding hydrogens is 489 g/mol. The maximum atomic E-state index is 11.9. The molecule has 3 rings (SSSR count). The average molecular weight is 506 g/mol. The van der Waals surface area contributed by atoms with E-state index in [0.29, 0.717) is 0 Å². The van der Waals surface area contributed by atoms with Gasteiger partial charge in [0.15, 0.2) is 11.2 Å². The number of hydrogen-bond acceptors (Lipinski definition) is 12. The van der Waals surface area contributed by atoms with Crippen molar-refractivity contribution in [2.24, 2.45) is 5.73 Å². The molecule has 5 atom stereocenters. The van der Waals surface area contributed by atoms with E-state index in [4.69, 9.17) is 30.9 Å². The molecule has 0 saturated carbocycles. The molecular formula is C10H17N6O12P3. The van der Waals surface area contributed by atoms with E-state index in [0.717, 1.165) is 0 Å². The number of fused-ring (bicyclic) bond motifs is 1. The van der Waals surface area contributed by atoms with Gasteiger partial charge in [0.25, 0.3) is 5.56 Å². The summed E-state index contributed by atoms with van der Waals surface area (Å²) in [6, 6.07) is -0.769. The molecule has 31 heavy (non-hydrogen) atoms. The number of H-pyrrole nitrogens is 1. The van der Waals surface area contributed by atoms with E-state index in [-0.39, 0.29) is 23.5 Å². The van der Waals surface area contributed by atoms with Crippen LogP contribution in [0.5, 0.6) is 0 Å². The second-order valence-electron chi connectivity index (χ2n) is 6.19. The van der Waals surface area contributed by atoms with Crippen LogP contribution in [0.2, 0.25) is 0 Å². The molecule has 18 nitrogen and oxygen atoms in total. The van der Waals surface area contributed by atoms with Gasteiger partial charge in [-0.15, -0.1) is 0 Å². The number of aromatic nitrogens is 4. The van der Waals surface area contributed by atoms with Crippen molar-refractivity contribution < 1.29 is 51.2 Å². The first kappa shape index (κ1) is 24.1. The summed E-state index contributed by atoms with van der Waals surface area (Å²) in [5, 5.41) is 0. The number of nitrogens with one attached hydrogen (secondary N) is 1. The van der Waals surface area contributed by atoms with E-state index in [9.17, 15) is 23.4 Å². The van der Waals surface area contributed by atoms with Crippen LogP contribution >= 0.6 is 23.5 Å². The van der Waals surface area contributed by atoms with Crippen molar-refractivity contribution in [3.05, 3.63) is 16.7 Å². The van der Waals surface area contributed by atoms with Crippen molar-refractivity contribution in [3.8, 4) is 0 Å². The highest BCUT2D eigenvalue weighted by Gasteiger charge is 2.42. The van der Waals surface area contributed by atoms with Gasteiger partial charge >= 0.3 is 23.5 Å². The minimum Gasteiger partial charge on any atom is -0.369 e. The van der Waals surface area contributed by atoms with Crippen LogP contribution in [0.1, 0.15) is 12.6 Å². The topological polar surface area (TPSA) is 285 Å². The van der Waals surface area contributed by atoms with Crippen LogP contribution in [0.25, 0.3) is 11.2 Å². The Labute approximate surface area is 171 Å². The van der Waals surface area contributed by atoms with Crippen molar-refractivity contribution in [2.45, 2.75) is 24.8 Å². The maximum Gasteiger partial charge on any atom is 0.490 e. The molecule has 3 heterocycles. The van der Waals surface area contributed by atoms with Gasteiger partial charge in [0.1, 0.15) is 6.23 Å². The average Bonchev–Trinajstić information content (AvgIpc) is 3.13. The molecule has 0 aromatic carbocycles. The highest BCUT2D eigenvalue weighted by atomic mass is 31.3. The number of anilines is 1. The minimum absolute atomic E-state index is 0.0110. The second kappa shape index (κ2) is 8.44. The molecule has 0 radical (unpaired) electrons. The van der Waals surface area contributed by atoms with Crippen LogP contribution in [-0.4, -0.2) is 57.8 Å². The van der Waals surface area contributed by atoms with Crippen molar-refractivity contribution in [1.29, 1.82) is 0 Å². The summed E-state index contributed by atoms with van der Waals surface area (Å²) in [6.45, 7) is -0.718. The second-order valence-corrected chi connectivity index (χ2v) is 10.6. The van der Waals surface area contributed by atoms with Gasteiger partial charge in [-0.2, -0.15) is 13.6 Å². The number of rotatable bonds is 8. The lowest BCUT2D eigenvalue weighted by atomic mass is 10.1. The van der Waals surface area contributed by atoms with Gasteiger partial charge in [-0.05, 0) is 0 Å². The fourth-order valence-electron chi connectivity index (χ4n) is 2.71. The number of aromatic amines is 1.